The normalized spacial score (nSPS) is 10.0. The summed E-state index contributed by atoms with van der Waals surface area (Å²) in [6.07, 6.45) is 0. The van der Waals surface area contributed by atoms with Crippen LogP contribution in [0.4, 0.5) is 0 Å². The van der Waals surface area contributed by atoms with E-state index in [-0.39, 0.29) is 0 Å². The fourth-order valence-corrected chi connectivity index (χ4v) is 2.33. The molecule has 0 aliphatic carbocycles. The number of nitrogens with zero attached hydrogens (tertiary/aromatic N) is 1. The van der Waals surface area contributed by atoms with Gasteiger partial charge in [0.2, 0.25) is 0 Å². The van der Waals surface area contributed by atoms with Gasteiger partial charge in [-0.2, -0.15) is 0 Å². The first-order valence-corrected chi connectivity index (χ1v) is 7.51. The van der Waals surface area contributed by atoms with E-state index < -0.39 is 0 Å². The molecule has 3 heteroatoms. The van der Waals surface area contributed by atoms with Gasteiger partial charge >= 0.3 is 125 Å². The van der Waals surface area contributed by atoms with E-state index in [0.717, 1.165) is 16.5 Å². The van der Waals surface area contributed by atoms with Crippen LogP contribution in [0.3, 0.4) is 0 Å². The third-order valence-corrected chi connectivity index (χ3v) is 3.77. The Morgan fingerprint density at radius 2 is 1.17 bits per heavy atom. The van der Waals surface area contributed by atoms with Crippen LogP contribution in [0.2, 0.25) is 0 Å². The van der Waals surface area contributed by atoms with Gasteiger partial charge in [0.15, 0.2) is 0 Å². The van der Waals surface area contributed by atoms with E-state index >= 15 is 0 Å². The molecule has 2 rings (SSSR count). The molecule has 0 aliphatic rings. The summed E-state index contributed by atoms with van der Waals surface area (Å²) in [6, 6.07) is 21.0. The van der Waals surface area contributed by atoms with Crippen LogP contribution >= 0.6 is 0 Å². The molecule has 1 nitrogen and oxygen atoms in total. The van der Waals surface area contributed by atoms with Crippen molar-refractivity contribution in [3.63, 3.8) is 0 Å². The molecule has 0 fully saturated rings. The van der Waals surface area contributed by atoms with Gasteiger partial charge in [0.05, 0.1) is 0 Å². The first-order chi connectivity index (χ1) is 8.75. The summed E-state index contributed by atoms with van der Waals surface area (Å²) in [7, 11) is 0. The van der Waals surface area contributed by atoms with Crippen molar-refractivity contribution < 1.29 is 0 Å². The molecule has 0 atom stereocenters. The van der Waals surface area contributed by atoms with Crippen LogP contribution in [0.1, 0.15) is 11.1 Å². The minimum absolute atomic E-state index is 0.908. The Kier molecular flexibility index (Phi) is 5.22. The van der Waals surface area contributed by atoms with Gasteiger partial charge in [-0.15, -0.1) is 0 Å². The van der Waals surface area contributed by atoms with Gasteiger partial charge in [-0.25, -0.2) is 0 Å². The number of rotatable bonds is 5. The minimum atomic E-state index is 0.908. The maximum atomic E-state index is 3.07. The van der Waals surface area contributed by atoms with Gasteiger partial charge in [-0.1, -0.05) is 0 Å². The monoisotopic (exact) mass is 368 g/mol. The first kappa shape index (κ1) is 13.6. The molecule has 0 heterocycles. The molecule has 2 aromatic carbocycles. The molecule has 91 valence electrons. The third kappa shape index (κ3) is 4.11. The van der Waals surface area contributed by atoms with Crippen LogP contribution in [0, 0.1) is 0 Å². The van der Waals surface area contributed by atoms with Crippen LogP contribution in [0.15, 0.2) is 60.7 Å². The Balaban J connectivity index is 2.08. The summed E-state index contributed by atoms with van der Waals surface area (Å²) >= 11 is 6.14. The molecule has 2 aromatic rings. The summed E-state index contributed by atoms with van der Waals surface area (Å²) in [6.45, 7) is 1.82. The van der Waals surface area contributed by atoms with Gasteiger partial charge < -0.3 is 0 Å². The van der Waals surface area contributed by atoms with Crippen molar-refractivity contribution in [1.82, 2.24) is 4.90 Å². The average molecular weight is 366 g/mol. The van der Waals surface area contributed by atoms with Crippen LogP contribution in [-0.4, -0.2) is 39.9 Å². The van der Waals surface area contributed by atoms with Crippen LogP contribution in [0.5, 0.6) is 0 Å². The third-order valence-electron chi connectivity index (χ3n) is 2.69. The van der Waals surface area contributed by atoms with E-state index in [1.807, 2.05) is 12.1 Å². The van der Waals surface area contributed by atoms with E-state index in [1.54, 1.807) is 0 Å². The maximum absolute atomic E-state index is 3.07. The molecule has 0 unspecified atom stereocenters. The zero-order chi connectivity index (χ0) is 12.8. The topological polar surface area (TPSA) is 3.24 Å². The molecule has 0 aromatic heterocycles. The second kappa shape index (κ2) is 6.92. The Labute approximate surface area is 124 Å². The van der Waals surface area contributed by atoms with Crippen molar-refractivity contribution in [2.45, 2.75) is 13.1 Å². The van der Waals surface area contributed by atoms with E-state index in [1.165, 1.54) is 11.1 Å². The van der Waals surface area contributed by atoms with Crippen LogP contribution in [0.25, 0.3) is 0 Å². The molecular weight excluding hydrogens is 352 g/mol. The summed E-state index contributed by atoms with van der Waals surface area (Å²) in [5.74, 6) is 0. The SMILES string of the molecule is [Se]C(=[Se])N(Cc1ccccc1)Cc1ccccc1. The first-order valence-electron chi connectivity index (χ1n) is 5.79. The second-order valence-corrected chi connectivity index (χ2v) is 7.03. The Morgan fingerprint density at radius 1 is 0.778 bits per heavy atom. The van der Waals surface area contributed by atoms with E-state index in [2.05, 4.69) is 85.0 Å². The van der Waals surface area contributed by atoms with Crippen molar-refractivity contribution in [2.24, 2.45) is 0 Å². The predicted molar refractivity (Wildman–Crippen MR) is 78.6 cm³/mol. The molecule has 0 saturated carbocycles. The molecule has 0 bridgehead atoms. The predicted octanol–water partition coefficient (Wildman–Crippen LogP) is 2.11. The fourth-order valence-electron chi connectivity index (χ4n) is 1.79. The van der Waals surface area contributed by atoms with E-state index in [9.17, 15) is 0 Å². The second-order valence-electron chi connectivity index (χ2n) is 4.09. The molecule has 0 aliphatic heterocycles. The van der Waals surface area contributed by atoms with Gasteiger partial charge in [-0.3, -0.25) is 0 Å². The van der Waals surface area contributed by atoms with Crippen molar-refractivity contribution in [3.8, 4) is 0 Å². The van der Waals surface area contributed by atoms with Gasteiger partial charge in [0.1, 0.15) is 0 Å². The van der Waals surface area contributed by atoms with Crippen molar-refractivity contribution in [2.75, 3.05) is 0 Å². The standard InChI is InChI=1S/C15H14NSe2/c17-15(18)16(11-13-7-3-1-4-8-13)12-14-9-5-2-6-10-14/h1-10H,11-12H2. The van der Waals surface area contributed by atoms with Crippen LogP contribution < -0.4 is 0 Å². The molecule has 18 heavy (non-hydrogen) atoms. The van der Waals surface area contributed by atoms with Crippen LogP contribution in [-0.2, 0) is 13.1 Å². The summed E-state index contributed by atoms with van der Waals surface area (Å²) in [5.41, 5.74) is 2.63. The van der Waals surface area contributed by atoms with Crippen molar-refractivity contribution >= 4 is 35.0 Å². The van der Waals surface area contributed by atoms with Crippen molar-refractivity contribution in [3.05, 3.63) is 71.8 Å². The molecule has 0 spiro atoms. The Morgan fingerprint density at radius 3 is 1.50 bits per heavy atom. The average Bonchev–Trinajstić information content (AvgIpc) is 2.40. The summed E-state index contributed by atoms with van der Waals surface area (Å²) in [5, 5.41) is 0. The Bertz CT molecular complexity index is 455. The summed E-state index contributed by atoms with van der Waals surface area (Å²) < 4.78 is 1.10. The van der Waals surface area contributed by atoms with Gasteiger partial charge in [0, 0.05) is 0 Å². The number of hydrogen-bond donors (Lipinski definition) is 0. The van der Waals surface area contributed by atoms with E-state index in [0.29, 0.717) is 0 Å². The number of hydrogen-bond acceptors (Lipinski definition) is 1. The quantitative estimate of drug-likeness (QED) is 0.733. The molecule has 0 saturated heterocycles. The number of benzene rings is 2. The molecule has 1 radical (unpaired) electrons. The van der Waals surface area contributed by atoms with Gasteiger partial charge in [0.25, 0.3) is 0 Å². The summed E-state index contributed by atoms with van der Waals surface area (Å²) in [4.78, 5) is 2.30. The molecule has 0 N–H and O–H groups in total. The van der Waals surface area contributed by atoms with Crippen molar-refractivity contribution in [1.29, 1.82) is 0 Å². The van der Waals surface area contributed by atoms with Gasteiger partial charge in [-0.05, 0) is 0 Å². The molecular formula is C15H14NSe2. The zero-order valence-corrected chi connectivity index (χ0v) is 13.4. The Hall–Kier alpha value is -0.851. The molecule has 0 amide bonds. The van der Waals surface area contributed by atoms with E-state index in [4.69, 9.17) is 0 Å². The zero-order valence-electron chi connectivity index (χ0n) is 9.95. The fraction of sp³-hybridized carbons (Fsp3) is 0.133.